The molecule has 3 nitrogen and oxygen atoms in total. The Hall–Kier alpha value is -2.00. The van der Waals surface area contributed by atoms with Crippen LogP contribution in [0, 0.1) is 13.8 Å². The fourth-order valence-electron chi connectivity index (χ4n) is 2.59. The van der Waals surface area contributed by atoms with E-state index in [1.54, 1.807) is 0 Å². The van der Waals surface area contributed by atoms with Gasteiger partial charge in [-0.1, -0.05) is 24.3 Å². The number of aryl methyl sites for hydroxylation is 2. The largest absolute Gasteiger partial charge is 0.489 e. The molecule has 2 unspecified atom stereocenters. The molecule has 0 saturated carbocycles. The van der Waals surface area contributed by atoms with Gasteiger partial charge in [0.05, 0.1) is 0 Å². The van der Waals surface area contributed by atoms with Gasteiger partial charge in [0, 0.05) is 5.56 Å². The van der Waals surface area contributed by atoms with Crippen molar-refractivity contribution in [2.45, 2.75) is 26.1 Å². The lowest BCUT2D eigenvalue weighted by Gasteiger charge is -2.30. The molecule has 0 fully saturated rings. The average Bonchev–Trinajstić information content (AvgIpc) is 2.41. The first-order valence-electron chi connectivity index (χ1n) is 6.78. The second kappa shape index (κ2) is 5.17. The molecule has 3 rings (SSSR count). The van der Waals surface area contributed by atoms with E-state index in [0.29, 0.717) is 6.61 Å². The van der Waals surface area contributed by atoms with Gasteiger partial charge in [-0.3, -0.25) is 0 Å². The van der Waals surface area contributed by atoms with E-state index in [2.05, 4.69) is 6.07 Å². The highest BCUT2D eigenvalue weighted by Gasteiger charge is 2.30. The Morgan fingerprint density at radius 3 is 2.55 bits per heavy atom. The van der Waals surface area contributed by atoms with Crippen LogP contribution in [0.2, 0.25) is 0 Å². The van der Waals surface area contributed by atoms with E-state index >= 15 is 0 Å². The first-order valence-corrected chi connectivity index (χ1v) is 6.78. The quantitative estimate of drug-likeness (QED) is 0.911. The van der Waals surface area contributed by atoms with Gasteiger partial charge >= 0.3 is 0 Å². The Morgan fingerprint density at radius 1 is 1.10 bits per heavy atom. The normalized spacial score (nSPS) is 20.9. The maximum absolute atomic E-state index is 10.4. The zero-order valence-electron chi connectivity index (χ0n) is 11.7. The van der Waals surface area contributed by atoms with E-state index in [4.69, 9.17) is 9.47 Å². The third kappa shape index (κ3) is 2.49. The van der Waals surface area contributed by atoms with Crippen LogP contribution < -0.4 is 9.47 Å². The SMILES string of the molecule is Cc1cc(C)cc(OC2COc3ccccc3C2O)c1. The van der Waals surface area contributed by atoms with Crippen molar-refractivity contribution in [2.24, 2.45) is 0 Å². The maximum Gasteiger partial charge on any atom is 0.163 e. The summed E-state index contributed by atoms with van der Waals surface area (Å²) in [5, 5.41) is 10.4. The van der Waals surface area contributed by atoms with Gasteiger partial charge in [-0.25, -0.2) is 0 Å². The van der Waals surface area contributed by atoms with Crippen molar-refractivity contribution in [3.63, 3.8) is 0 Å². The summed E-state index contributed by atoms with van der Waals surface area (Å²) >= 11 is 0. The van der Waals surface area contributed by atoms with Gasteiger partial charge in [0.1, 0.15) is 24.2 Å². The summed E-state index contributed by atoms with van der Waals surface area (Å²) in [4.78, 5) is 0. The average molecular weight is 270 g/mol. The molecular weight excluding hydrogens is 252 g/mol. The monoisotopic (exact) mass is 270 g/mol. The molecule has 0 aromatic heterocycles. The number of benzene rings is 2. The second-order valence-corrected chi connectivity index (χ2v) is 5.27. The highest BCUT2D eigenvalue weighted by molar-refractivity contribution is 5.38. The molecule has 0 bridgehead atoms. The summed E-state index contributed by atoms with van der Waals surface area (Å²) in [7, 11) is 0. The molecule has 3 heteroatoms. The zero-order chi connectivity index (χ0) is 14.1. The third-order valence-corrected chi connectivity index (χ3v) is 3.48. The van der Waals surface area contributed by atoms with Crippen LogP contribution in [-0.2, 0) is 0 Å². The topological polar surface area (TPSA) is 38.7 Å². The van der Waals surface area contributed by atoms with E-state index in [-0.39, 0.29) is 6.10 Å². The molecular formula is C17H18O3. The maximum atomic E-state index is 10.4. The molecule has 2 aromatic rings. The van der Waals surface area contributed by atoms with E-state index in [0.717, 1.165) is 28.2 Å². The number of hydrogen-bond acceptors (Lipinski definition) is 3. The molecule has 0 saturated heterocycles. The van der Waals surface area contributed by atoms with E-state index in [9.17, 15) is 5.11 Å². The van der Waals surface area contributed by atoms with Crippen molar-refractivity contribution in [3.05, 3.63) is 59.2 Å². The summed E-state index contributed by atoms with van der Waals surface area (Å²) in [5.41, 5.74) is 3.08. The molecule has 104 valence electrons. The molecule has 0 aliphatic carbocycles. The number of aliphatic hydroxyl groups is 1. The first-order chi connectivity index (χ1) is 9.63. The Bertz CT molecular complexity index is 601. The zero-order valence-corrected chi connectivity index (χ0v) is 11.7. The van der Waals surface area contributed by atoms with Gasteiger partial charge < -0.3 is 14.6 Å². The lowest BCUT2D eigenvalue weighted by molar-refractivity contribution is -0.0103. The van der Waals surface area contributed by atoms with Gasteiger partial charge in [0.15, 0.2) is 6.10 Å². The van der Waals surface area contributed by atoms with Gasteiger partial charge in [0.25, 0.3) is 0 Å². The number of aliphatic hydroxyl groups excluding tert-OH is 1. The molecule has 1 N–H and O–H groups in total. The summed E-state index contributed by atoms with van der Waals surface area (Å²) in [6.07, 6.45) is -1.05. The summed E-state index contributed by atoms with van der Waals surface area (Å²) in [6.45, 7) is 4.41. The van der Waals surface area contributed by atoms with Crippen LogP contribution in [0.3, 0.4) is 0 Å². The van der Waals surface area contributed by atoms with Crippen molar-refractivity contribution >= 4 is 0 Å². The number of hydrogen-bond donors (Lipinski definition) is 1. The summed E-state index contributed by atoms with van der Waals surface area (Å²) in [6, 6.07) is 13.6. The van der Waals surface area contributed by atoms with Crippen LogP contribution in [-0.4, -0.2) is 17.8 Å². The van der Waals surface area contributed by atoms with Crippen molar-refractivity contribution in [1.29, 1.82) is 0 Å². The number of para-hydroxylation sites is 1. The van der Waals surface area contributed by atoms with Crippen LogP contribution in [0.25, 0.3) is 0 Å². The van der Waals surface area contributed by atoms with Crippen molar-refractivity contribution < 1.29 is 14.6 Å². The van der Waals surface area contributed by atoms with E-state index < -0.39 is 6.10 Å². The molecule has 2 atom stereocenters. The minimum absolute atomic E-state index is 0.352. The van der Waals surface area contributed by atoms with Crippen molar-refractivity contribution in [3.8, 4) is 11.5 Å². The van der Waals surface area contributed by atoms with Gasteiger partial charge in [-0.2, -0.15) is 0 Å². The van der Waals surface area contributed by atoms with Crippen molar-refractivity contribution in [2.75, 3.05) is 6.61 Å². The fourth-order valence-corrected chi connectivity index (χ4v) is 2.59. The number of rotatable bonds is 2. The Balaban J connectivity index is 1.82. The minimum atomic E-state index is -0.666. The van der Waals surface area contributed by atoms with Gasteiger partial charge in [-0.05, 0) is 43.2 Å². The minimum Gasteiger partial charge on any atom is -0.489 e. The van der Waals surface area contributed by atoms with Gasteiger partial charge in [0.2, 0.25) is 0 Å². The van der Waals surface area contributed by atoms with Crippen molar-refractivity contribution in [1.82, 2.24) is 0 Å². The molecule has 1 aliphatic heterocycles. The van der Waals surface area contributed by atoms with Crippen LogP contribution in [0.1, 0.15) is 22.8 Å². The first kappa shape index (κ1) is 13.0. The summed E-state index contributed by atoms with van der Waals surface area (Å²) in [5.74, 6) is 1.51. The third-order valence-electron chi connectivity index (χ3n) is 3.48. The molecule has 1 heterocycles. The predicted molar refractivity (Wildman–Crippen MR) is 77.2 cm³/mol. The molecule has 20 heavy (non-hydrogen) atoms. The second-order valence-electron chi connectivity index (χ2n) is 5.27. The molecule has 0 amide bonds. The lowest BCUT2D eigenvalue weighted by atomic mass is 10.0. The highest BCUT2D eigenvalue weighted by Crippen LogP contribution is 2.33. The number of fused-ring (bicyclic) bond motifs is 1. The predicted octanol–water partition coefficient (Wildman–Crippen LogP) is 3.18. The standard InChI is InChI=1S/C17H18O3/c1-11-7-12(2)9-13(8-11)20-16-10-19-15-6-4-3-5-14(15)17(16)18/h3-9,16-18H,10H2,1-2H3. The number of ether oxygens (including phenoxy) is 2. The van der Waals surface area contributed by atoms with Crippen LogP contribution in [0.5, 0.6) is 11.5 Å². The molecule has 1 aliphatic rings. The van der Waals surface area contributed by atoms with Gasteiger partial charge in [-0.15, -0.1) is 0 Å². The Morgan fingerprint density at radius 2 is 1.80 bits per heavy atom. The van der Waals surface area contributed by atoms with Crippen LogP contribution >= 0.6 is 0 Å². The Kier molecular flexibility index (Phi) is 3.36. The molecule has 2 aromatic carbocycles. The smallest absolute Gasteiger partial charge is 0.163 e. The van der Waals surface area contributed by atoms with Crippen LogP contribution in [0.4, 0.5) is 0 Å². The van der Waals surface area contributed by atoms with E-state index in [1.807, 2.05) is 50.2 Å². The van der Waals surface area contributed by atoms with Crippen LogP contribution in [0.15, 0.2) is 42.5 Å². The lowest BCUT2D eigenvalue weighted by Crippen LogP contribution is -2.35. The fraction of sp³-hybridized carbons (Fsp3) is 0.294. The highest BCUT2D eigenvalue weighted by atomic mass is 16.5. The molecule has 0 spiro atoms. The summed E-state index contributed by atoms with van der Waals surface area (Å²) < 4.78 is 11.6. The Labute approximate surface area is 118 Å². The van der Waals surface area contributed by atoms with E-state index in [1.165, 1.54) is 0 Å². The molecule has 0 radical (unpaired) electrons.